The van der Waals surface area contributed by atoms with E-state index in [1.165, 1.54) is 0 Å². The summed E-state index contributed by atoms with van der Waals surface area (Å²) in [4.78, 5) is 16.6. The second-order valence-corrected chi connectivity index (χ2v) is 5.19. The van der Waals surface area contributed by atoms with Crippen LogP contribution >= 0.6 is 0 Å². The van der Waals surface area contributed by atoms with E-state index >= 15 is 0 Å². The summed E-state index contributed by atoms with van der Waals surface area (Å²) in [5.41, 5.74) is 3.04. The molecule has 1 N–H and O–H groups in total. The van der Waals surface area contributed by atoms with Crippen molar-refractivity contribution in [3.63, 3.8) is 0 Å². The third kappa shape index (κ3) is 3.60. The van der Waals surface area contributed by atoms with Crippen LogP contribution in [0.25, 0.3) is 0 Å². The minimum Gasteiger partial charge on any atom is -0.489 e. The third-order valence-electron chi connectivity index (χ3n) is 3.20. The number of aromatic nitrogens is 1. The molecule has 2 rings (SSSR count). The minimum atomic E-state index is -0.155. The number of hydrogen-bond donors (Lipinski definition) is 1. The number of rotatable bonds is 4. The molecule has 0 radical (unpaired) electrons. The Balaban J connectivity index is 2.26. The molecule has 1 aromatic carbocycles. The van der Waals surface area contributed by atoms with E-state index in [4.69, 9.17) is 4.74 Å². The number of ether oxygens (including phenoxy) is 1. The van der Waals surface area contributed by atoms with Gasteiger partial charge in [-0.2, -0.15) is 0 Å². The second kappa shape index (κ2) is 6.39. The van der Waals surface area contributed by atoms with E-state index in [1.54, 1.807) is 12.3 Å². The lowest BCUT2D eigenvalue weighted by Crippen LogP contribution is -2.16. The second-order valence-electron chi connectivity index (χ2n) is 5.19. The lowest BCUT2D eigenvalue weighted by Gasteiger charge is -2.15. The first-order valence-corrected chi connectivity index (χ1v) is 6.98. The van der Waals surface area contributed by atoms with Gasteiger partial charge in [0.15, 0.2) is 0 Å². The number of pyridine rings is 1. The fourth-order valence-electron chi connectivity index (χ4n) is 2.00. The van der Waals surface area contributed by atoms with Crippen molar-refractivity contribution in [2.24, 2.45) is 0 Å². The number of nitrogens with one attached hydrogen (secondary N) is 1. The molecule has 1 aromatic heterocycles. The normalized spacial score (nSPS) is 10.5. The fourth-order valence-corrected chi connectivity index (χ4v) is 2.00. The van der Waals surface area contributed by atoms with E-state index in [9.17, 15) is 4.79 Å². The third-order valence-corrected chi connectivity index (χ3v) is 3.20. The molecule has 0 spiro atoms. The van der Waals surface area contributed by atoms with E-state index < -0.39 is 0 Å². The average Bonchev–Trinajstić information content (AvgIpc) is 2.43. The van der Waals surface area contributed by atoms with Gasteiger partial charge in [-0.3, -0.25) is 9.78 Å². The van der Waals surface area contributed by atoms with Crippen molar-refractivity contribution in [3.8, 4) is 5.75 Å². The molecule has 1 amide bonds. The molecule has 4 heteroatoms. The van der Waals surface area contributed by atoms with Crippen LogP contribution in [-0.2, 0) is 0 Å². The summed E-state index contributed by atoms with van der Waals surface area (Å²) in [7, 11) is 0. The Labute approximate surface area is 125 Å². The maximum Gasteiger partial charge on any atom is 0.256 e. The first kappa shape index (κ1) is 15.0. The van der Waals surface area contributed by atoms with Gasteiger partial charge in [-0.25, -0.2) is 0 Å². The van der Waals surface area contributed by atoms with Gasteiger partial charge in [-0.15, -0.1) is 0 Å². The van der Waals surface area contributed by atoms with Gasteiger partial charge >= 0.3 is 0 Å². The number of para-hydroxylation sites is 2. The molecule has 0 aliphatic carbocycles. The zero-order valence-electron chi connectivity index (χ0n) is 12.8. The quantitative estimate of drug-likeness (QED) is 0.930. The first-order valence-electron chi connectivity index (χ1n) is 6.98. The maximum absolute atomic E-state index is 12.4. The van der Waals surface area contributed by atoms with Gasteiger partial charge in [0.25, 0.3) is 5.91 Å². The number of benzene rings is 1. The molecule has 0 unspecified atom stereocenters. The molecule has 0 bridgehead atoms. The van der Waals surface area contributed by atoms with Crippen LogP contribution in [-0.4, -0.2) is 17.0 Å². The van der Waals surface area contributed by atoms with Crippen LogP contribution in [0, 0.1) is 13.8 Å². The summed E-state index contributed by atoms with van der Waals surface area (Å²) in [6, 6.07) is 9.16. The van der Waals surface area contributed by atoms with Crippen molar-refractivity contribution < 1.29 is 9.53 Å². The summed E-state index contributed by atoms with van der Waals surface area (Å²) in [5, 5.41) is 2.91. The van der Waals surface area contributed by atoms with E-state index in [-0.39, 0.29) is 12.0 Å². The standard InChI is InChI=1S/C17H20N2O2/c1-11(2)21-16-8-6-5-7-15(16)19-17(20)14-9-10-18-13(4)12(14)3/h5-11H,1-4H3,(H,19,20). The Morgan fingerprint density at radius 1 is 1.19 bits per heavy atom. The number of nitrogens with zero attached hydrogens (tertiary/aromatic N) is 1. The number of carbonyl (C=O) groups excluding carboxylic acids is 1. The largest absolute Gasteiger partial charge is 0.489 e. The SMILES string of the molecule is Cc1nccc(C(=O)Nc2ccccc2OC(C)C)c1C. The molecule has 0 atom stereocenters. The van der Waals surface area contributed by atoms with Crippen molar-refractivity contribution in [2.75, 3.05) is 5.32 Å². The average molecular weight is 284 g/mol. The smallest absolute Gasteiger partial charge is 0.256 e. The first-order chi connectivity index (χ1) is 9.99. The Kier molecular flexibility index (Phi) is 4.58. The van der Waals surface area contributed by atoms with Gasteiger partial charge in [-0.1, -0.05) is 12.1 Å². The van der Waals surface area contributed by atoms with E-state index in [1.807, 2.05) is 52.0 Å². The van der Waals surface area contributed by atoms with Gasteiger partial charge in [0, 0.05) is 17.5 Å². The van der Waals surface area contributed by atoms with Crippen molar-refractivity contribution in [1.82, 2.24) is 4.98 Å². The van der Waals surface area contributed by atoms with Crippen LogP contribution in [0.15, 0.2) is 36.5 Å². The zero-order valence-corrected chi connectivity index (χ0v) is 12.8. The van der Waals surface area contributed by atoms with Crippen molar-refractivity contribution >= 4 is 11.6 Å². The topological polar surface area (TPSA) is 51.2 Å². The summed E-state index contributed by atoms with van der Waals surface area (Å²) in [6.45, 7) is 7.69. The van der Waals surface area contributed by atoms with Crippen molar-refractivity contribution in [2.45, 2.75) is 33.8 Å². The number of hydrogen-bond acceptors (Lipinski definition) is 3. The Morgan fingerprint density at radius 2 is 1.90 bits per heavy atom. The van der Waals surface area contributed by atoms with Crippen LogP contribution in [0.5, 0.6) is 5.75 Å². The highest BCUT2D eigenvalue weighted by atomic mass is 16.5. The van der Waals surface area contributed by atoms with Crippen molar-refractivity contribution in [1.29, 1.82) is 0 Å². The Bertz CT molecular complexity index is 651. The summed E-state index contributed by atoms with van der Waals surface area (Å²) in [6.07, 6.45) is 1.70. The molecule has 0 saturated carbocycles. The molecule has 0 fully saturated rings. The van der Waals surface area contributed by atoms with E-state index in [2.05, 4.69) is 10.3 Å². The predicted molar refractivity (Wildman–Crippen MR) is 83.9 cm³/mol. The van der Waals surface area contributed by atoms with Crippen LogP contribution < -0.4 is 10.1 Å². The zero-order chi connectivity index (χ0) is 15.4. The van der Waals surface area contributed by atoms with Gasteiger partial charge in [0.1, 0.15) is 5.75 Å². The molecule has 1 heterocycles. The predicted octanol–water partition coefficient (Wildman–Crippen LogP) is 3.74. The molecule has 0 saturated heterocycles. The fraction of sp³-hybridized carbons (Fsp3) is 0.294. The van der Waals surface area contributed by atoms with Gasteiger partial charge in [-0.05, 0) is 51.5 Å². The molecule has 110 valence electrons. The monoisotopic (exact) mass is 284 g/mol. The highest BCUT2D eigenvalue weighted by Crippen LogP contribution is 2.25. The van der Waals surface area contributed by atoms with Crippen LogP contribution in [0.2, 0.25) is 0 Å². The molecule has 0 aliphatic rings. The Hall–Kier alpha value is -2.36. The number of carbonyl (C=O) groups is 1. The van der Waals surface area contributed by atoms with E-state index in [0.717, 1.165) is 11.3 Å². The van der Waals surface area contributed by atoms with Gasteiger partial charge < -0.3 is 10.1 Å². The van der Waals surface area contributed by atoms with Gasteiger partial charge in [0.2, 0.25) is 0 Å². The molecule has 2 aromatic rings. The highest BCUT2D eigenvalue weighted by Gasteiger charge is 2.13. The van der Waals surface area contributed by atoms with Crippen molar-refractivity contribution in [3.05, 3.63) is 53.3 Å². The van der Waals surface area contributed by atoms with Crippen LogP contribution in [0.4, 0.5) is 5.69 Å². The number of aryl methyl sites for hydroxylation is 1. The Morgan fingerprint density at radius 3 is 2.62 bits per heavy atom. The molecular weight excluding hydrogens is 264 g/mol. The molecule has 21 heavy (non-hydrogen) atoms. The lowest BCUT2D eigenvalue weighted by molar-refractivity contribution is 0.102. The molecular formula is C17H20N2O2. The van der Waals surface area contributed by atoms with Crippen LogP contribution in [0.1, 0.15) is 35.5 Å². The maximum atomic E-state index is 12.4. The number of amides is 1. The summed E-state index contributed by atoms with van der Waals surface area (Å²) in [5.74, 6) is 0.516. The molecule has 0 aliphatic heterocycles. The summed E-state index contributed by atoms with van der Waals surface area (Å²) < 4.78 is 5.71. The lowest BCUT2D eigenvalue weighted by atomic mass is 10.1. The molecule has 4 nitrogen and oxygen atoms in total. The summed E-state index contributed by atoms with van der Waals surface area (Å²) >= 11 is 0. The van der Waals surface area contributed by atoms with Crippen LogP contribution in [0.3, 0.4) is 0 Å². The van der Waals surface area contributed by atoms with Gasteiger partial charge in [0.05, 0.1) is 11.8 Å². The highest BCUT2D eigenvalue weighted by molar-refractivity contribution is 6.06. The van der Waals surface area contributed by atoms with E-state index in [0.29, 0.717) is 17.0 Å². The number of anilines is 1. The minimum absolute atomic E-state index is 0.0490.